The largest absolute Gasteiger partial charge is 0.324 e. The summed E-state index contributed by atoms with van der Waals surface area (Å²) in [4.78, 5) is 12.9. The molecule has 2 aromatic rings. The number of likely N-dealkylation sites (N-methyl/N-ethyl adjacent to an activating group) is 1. The molecule has 1 aromatic carbocycles. The molecule has 0 aliphatic carbocycles. The number of benzene rings is 1. The number of rotatable bonds is 4. The van der Waals surface area contributed by atoms with Crippen LogP contribution in [0.4, 0.5) is 5.69 Å². The molecular formula is C12H12N4OS2. The predicted octanol–water partition coefficient (Wildman–Crippen LogP) is 2.29. The third kappa shape index (κ3) is 2.49. The highest BCUT2D eigenvalue weighted by Crippen LogP contribution is 2.36. The maximum absolute atomic E-state index is 11.8. The van der Waals surface area contributed by atoms with Gasteiger partial charge in [0.15, 0.2) is 4.34 Å². The third-order valence-electron chi connectivity index (χ3n) is 2.81. The lowest BCUT2D eigenvalue weighted by Crippen LogP contribution is -2.27. The SMILES string of the molecule is CCNC1C(=O)Nc2cc(Sc3nncs3)ccc21. The summed E-state index contributed by atoms with van der Waals surface area (Å²) in [6, 6.07) is 5.75. The van der Waals surface area contributed by atoms with Gasteiger partial charge in [-0.1, -0.05) is 36.1 Å². The Kier molecular flexibility index (Phi) is 3.50. The molecule has 0 saturated heterocycles. The standard InChI is InChI=1S/C12H12N4OS2/c1-2-13-10-8-4-3-7(5-9(8)15-11(10)17)19-12-16-14-6-18-12/h3-6,10,13H,2H2,1H3,(H,15,17). The van der Waals surface area contributed by atoms with Crippen LogP contribution in [0.3, 0.4) is 0 Å². The van der Waals surface area contributed by atoms with Crippen molar-refractivity contribution in [1.29, 1.82) is 0 Å². The quantitative estimate of drug-likeness (QED) is 0.905. The Morgan fingerprint density at radius 2 is 2.42 bits per heavy atom. The number of carbonyl (C=O) groups excluding carboxylic acids is 1. The number of nitrogens with one attached hydrogen (secondary N) is 2. The number of amides is 1. The Bertz CT molecular complexity index is 600. The molecule has 0 radical (unpaired) electrons. The molecule has 1 aliphatic rings. The number of nitrogens with zero attached hydrogens (tertiary/aromatic N) is 2. The van der Waals surface area contributed by atoms with E-state index in [-0.39, 0.29) is 11.9 Å². The van der Waals surface area contributed by atoms with Gasteiger partial charge in [-0.3, -0.25) is 4.79 Å². The average molecular weight is 292 g/mol. The van der Waals surface area contributed by atoms with Gasteiger partial charge in [0, 0.05) is 16.1 Å². The summed E-state index contributed by atoms with van der Waals surface area (Å²) in [6.07, 6.45) is 0. The zero-order chi connectivity index (χ0) is 13.2. The van der Waals surface area contributed by atoms with Crippen LogP contribution in [0, 0.1) is 0 Å². The highest BCUT2D eigenvalue weighted by atomic mass is 32.2. The lowest BCUT2D eigenvalue weighted by Gasteiger charge is -2.09. The summed E-state index contributed by atoms with van der Waals surface area (Å²) < 4.78 is 0.896. The molecule has 0 saturated carbocycles. The van der Waals surface area contributed by atoms with Crippen LogP contribution < -0.4 is 10.6 Å². The van der Waals surface area contributed by atoms with Crippen LogP contribution in [-0.2, 0) is 4.79 Å². The molecule has 5 nitrogen and oxygen atoms in total. The van der Waals surface area contributed by atoms with Crippen LogP contribution in [0.5, 0.6) is 0 Å². The molecule has 7 heteroatoms. The molecule has 1 unspecified atom stereocenters. The Morgan fingerprint density at radius 1 is 1.53 bits per heavy atom. The first-order valence-corrected chi connectivity index (χ1v) is 7.59. The van der Waals surface area contributed by atoms with Crippen LogP contribution >= 0.6 is 23.1 Å². The molecular weight excluding hydrogens is 280 g/mol. The minimum atomic E-state index is -0.236. The van der Waals surface area contributed by atoms with Gasteiger partial charge in [0.1, 0.15) is 11.6 Å². The molecule has 1 aliphatic heterocycles. The summed E-state index contributed by atoms with van der Waals surface area (Å²) in [5.41, 5.74) is 3.59. The first kappa shape index (κ1) is 12.6. The zero-order valence-electron chi connectivity index (χ0n) is 10.2. The first-order chi connectivity index (χ1) is 9.28. The summed E-state index contributed by atoms with van der Waals surface area (Å²) in [6.45, 7) is 2.75. The van der Waals surface area contributed by atoms with Gasteiger partial charge in [-0.25, -0.2) is 0 Å². The van der Waals surface area contributed by atoms with Crippen LogP contribution in [0.25, 0.3) is 0 Å². The van der Waals surface area contributed by atoms with Gasteiger partial charge in [0.25, 0.3) is 0 Å². The fraction of sp³-hybridized carbons (Fsp3) is 0.250. The number of anilines is 1. The van der Waals surface area contributed by atoms with Crippen LogP contribution in [0.2, 0.25) is 0 Å². The van der Waals surface area contributed by atoms with Crippen molar-refractivity contribution in [3.63, 3.8) is 0 Å². The Balaban J connectivity index is 1.85. The highest BCUT2D eigenvalue weighted by Gasteiger charge is 2.29. The second-order valence-electron chi connectivity index (χ2n) is 4.04. The van der Waals surface area contributed by atoms with Crippen molar-refractivity contribution in [2.75, 3.05) is 11.9 Å². The zero-order valence-corrected chi connectivity index (χ0v) is 11.8. The molecule has 98 valence electrons. The van der Waals surface area contributed by atoms with Crippen molar-refractivity contribution >= 4 is 34.7 Å². The van der Waals surface area contributed by atoms with Crippen molar-refractivity contribution < 1.29 is 4.79 Å². The van der Waals surface area contributed by atoms with Crippen LogP contribution in [0.1, 0.15) is 18.5 Å². The van der Waals surface area contributed by atoms with Crippen molar-refractivity contribution in [3.8, 4) is 0 Å². The third-order valence-corrected chi connectivity index (χ3v) is 4.58. The number of fused-ring (bicyclic) bond motifs is 1. The maximum Gasteiger partial charge on any atom is 0.246 e. The molecule has 2 N–H and O–H groups in total. The first-order valence-electron chi connectivity index (χ1n) is 5.90. The van der Waals surface area contributed by atoms with E-state index in [0.29, 0.717) is 0 Å². The monoisotopic (exact) mass is 292 g/mol. The Labute approximate surface area is 118 Å². The fourth-order valence-corrected chi connectivity index (χ4v) is 3.51. The van der Waals surface area contributed by atoms with Crippen molar-refractivity contribution in [1.82, 2.24) is 15.5 Å². The number of carbonyl (C=O) groups is 1. The normalized spacial score (nSPS) is 17.3. The van der Waals surface area contributed by atoms with Crippen LogP contribution in [-0.4, -0.2) is 22.6 Å². The van der Waals surface area contributed by atoms with Gasteiger partial charge in [0.05, 0.1) is 0 Å². The maximum atomic E-state index is 11.8. The number of hydrogen-bond acceptors (Lipinski definition) is 6. The van der Waals surface area contributed by atoms with Crippen molar-refractivity contribution in [2.45, 2.75) is 22.2 Å². The molecule has 1 atom stereocenters. The van der Waals surface area contributed by atoms with Gasteiger partial charge in [-0.05, 0) is 18.7 Å². The van der Waals surface area contributed by atoms with E-state index in [1.54, 1.807) is 17.3 Å². The van der Waals surface area contributed by atoms with E-state index in [9.17, 15) is 4.79 Å². The predicted molar refractivity (Wildman–Crippen MR) is 75.5 cm³/mol. The molecule has 19 heavy (non-hydrogen) atoms. The highest BCUT2D eigenvalue weighted by molar-refractivity contribution is 8.01. The lowest BCUT2D eigenvalue weighted by molar-refractivity contribution is -0.117. The molecule has 0 bridgehead atoms. The van der Waals surface area contributed by atoms with Crippen molar-refractivity contribution in [2.24, 2.45) is 0 Å². The molecule has 1 amide bonds. The number of aromatic nitrogens is 2. The fourth-order valence-electron chi connectivity index (χ4n) is 2.02. The van der Waals surface area contributed by atoms with Crippen molar-refractivity contribution in [3.05, 3.63) is 29.3 Å². The molecule has 2 heterocycles. The van der Waals surface area contributed by atoms with Gasteiger partial charge in [-0.2, -0.15) is 0 Å². The van der Waals surface area contributed by atoms with E-state index in [2.05, 4.69) is 20.8 Å². The smallest absolute Gasteiger partial charge is 0.246 e. The van der Waals surface area contributed by atoms with E-state index in [4.69, 9.17) is 0 Å². The Morgan fingerprint density at radius 3 is 3.16 bits per heavy atom. The molecule has 0 fully saturated rings. The van der Waals surface area contributed by atoms with Crippen LogP contribution in [0.15, 0.2) is 32.9 Å². The van der Waals surface area contributed by atoms with Gasteiger partial charge in [-0.15, -0.1) is 10.2 Å². The van der Waals surface area contributed by atoms with E-state index in [1.165, 1.54) is 11.3 Å². The topological polar surface area (TPSA) is 66.9 Å². The molecule has 1 aromatic heterocycles. The summed E-state index contributed by atoms with van der Waals surface area (Å²) in [7, 11) is 0. The van der Waals surface area contributed by atoms with Gasteiger partial charge in [0.2, 0.25) is 5.91 Å². The lowest BCUT2D eigenvalue weighted by atomic mass is 10.1. The van der Waals surface area contributed by atoms with Gasteiger partial charge >= 0.3 is 0 Å². The second kappa shape index (κ2) is 5.28. The minimum Gasteiger partial charge on any atom is -0.324 e. The van der Waals surface area contributed by atoms with E-state index >= 15 is 0 Å². The van der Waals surface area contributed by atoms with E-state index < -0.39 is 0 Å². The number of hydrogen-bond donors (Lipinski definition) is 2. The summed E-state index contributed by atoms with van der Waals surface area (Å²) >= 11 is 3.05. The van der Waals surface area contributed by atoms with E-state index in [0.717, 1.165) is 27.0 Å². The average Bonchev–Trinajstić information content (AvgIpc) is 2.99. The molecule has 0 spiro atoms. The Hall–Kier alpha value is -1.44. The summed E-state index contributed by atoms with van der Waals surface area (Å²) in [5.74, 6) is 0.00918. The molecule has 3 rings (SSSR count). The van der Waals surface area contributed by atoms with Gasteiger partial charge < -0.3 is 10.6 Å². The second-order valence-corrected chi connectivity index (χ2v) is 6.19. The van der Waals surface area contributed by atoms with E-state index in [1.807, 2.05) is 25.1 Å². The minimum absolute atomic E-state index is 0.00918. The summed E-state index contributed by atoms with van der Waals surface area (Å²) in [5, 5.41) is 13.9.